The summed E-state index contributed by atoms with van der Waals surface area (Å²) in [5.74, 6) is 1.32. The summed E-state index contributed by atoms with van der Waals surface area (Å²) in [5.41, 5.74) is -0.221. The van der Waals surface area contributed by atoms with Crippen LogP contribution in [-0.2, 0) is 4.79 Å². The number of amides is 1. The van der Waals surface area contributed by atoms with Gasteiger partial charge in [-0.15, -0.1) is 0 Å². The van der Waals surface area contributed by atoms with Crippen molar-refractivity contribution in [2.45, 2.75) is 32.1 Å². The Labute approximate surface area is 145 Å². The predicted molar refractivity (Wildman–Crippen MR) is 90.2 cm³/mol. The van der Waals surface area contributed by atoms with Crippen LogP contribution in [-0.4, -0.2) is 35.4 Å². The molecule has 0 radical (unpaired) electrons. The van der Waals surface area contributed by atoms with Gasteiger partial charge in [0.15, 0.2) is 12.4 Å². The highest BCUT2D eigenvalue weighted by molar-refractivity contribution is 6.30. The lowest BCUT2D eigenvalue weighted by Crippen LogP contribution is -2.46. The van der Waals surface area contributed by atoms with E-state index in [0.29, 0.717) is 5.92 Å². The van der Waals surface area contributed by atoms with Crippen LogP contribution >= 0.6 is 11.6 Å². The van der Waals surface area contributed by atoms with Crippen LogP contribution in [0.3, 0.4) is 0 Å². The lowest BCUT2D eigenvalue weighted by Gasteiger charge is -2.41. The number of likely N-dealkylation sites (tertiary alicyclic amines) is 1. The zero-order valence-corrected chi connectivity index (χ0v) is 14.2. The first-order valence-electron chi connectivity index (χ1n) is 8.39. The SMILES string of the molecule is O=C(COc1ccc(Cl)cc1[N+](=O)[O-])N1CC[C@@H]2CCCC[C@H]2C1. The number of hydrogen-bond acceptors (Lipinski definition) is 4. The fourth-order valence-electron chi connectivity index (χ4n) is 3.81. The van der Waals surface area contributed by atoms with E-state index < -0.39 is 4.92 Å². The minimum atomic E-state index is -0.556. The first-order valence-corrected chi connectivity index (χ1v) is 8.77. The molecule has 1 amide bonds. The fraction of sp³-hybridized carbons (Fsp3) is 0.588. The molecule has 6 nitrogen and oxygen atoms in total. The number of nitro benzene ring substituents is 1. The molecule has 0 unspecified atom stereocenters. The Balaban J connectivity index is 1.59. The molecule has 1 aliphatic heterocycles. The average molecular weight is 353 g/mol. The molecule has 1 saturated carbocycles. The van der Waals surface area contributed by atoms with E-state index in [1.807, 2.05) is 4.90 Å². The van der Waals surface area contributed by atoms with Gasteiger partial charge >= 0.3 is 5.69 Å². The second-order valence-electron chi connectivity index (χ2n) is 6.59. The summed E-state index contributed by atoms with van der Waals surface area (Å²) >= 11 is 5.78. The van der Waals surface area contributed by atoms with Crippen LogP contribution in [0, 0.1) is 22.0 Å². The van der Waals surface area contributed by atoms with Crippen molar-refractivity contribution in [2.24, 2.45) is 11.8 Å². The van der Waals surface area contributed by atoms with Gasteiger partial charge in [-0.25, -0.2) is 0 Å². The highest BCUT2D eigenvalue weighted by Gasteiger charge is 2.33. The van der Waals surface area contributed by atoms with E-state index in [1.165, 1.54) is 43.9 Å². The third-order valence-electron chi connectivity index (χ3n) is 5.11. The van der Waals surface area contributed by atoms with Gasteiger partial charge in [0.1, 0.15) is 0 Å². The van der Waals surface area contributed by atoms with E-state index in [9.17, 15) is 14.9 Å². The lowest BCUT2D eigenvalue weighted by molar-refractivity contribution is -0.385. The Morgan fingerprint density at radius 3 is 2.79 bits per heavy atom. The fourth-order valence-corrected chi connectivity index (χ4v) is 3.98. The molecule has 0 aromatic heterocycles. The summed E-state index contributed by atoms with van der Waals surface area (Å²) in [5, 5.41) is 11.3. The van der Waals surface area contributed by atoms with E-state index in [0.717, 1.165) is 25.4 Å². The summed E-state index contributed by atoms with van der Waals surface area (Å²) < 4.78 is 5.41. The number of fused-ring (bicyclic) bond motifs is 1. The smallest absolute Gasteiger partial charge is 0.312 e. The van der Waals surface area contributed by atoms with Crippen molar-refractivity contribution in [1.82, 2.24) is 4.90 Å². The van der Waals surface area contributed by atoms with Gasteiger partial charge < -0.3 is 9.64 Å². The van der Waals surface area contributed by atoms with Crippen LogP contribution in [0.1, 0.15) is 32.1 Å². The number of carbonyl (C=O) groups is 1. The predicted octanol–water partition coefficient (Wildman–Crippen LogP) is 3.67. The molecule has 1 aromatic rings. The maximum Gasteiger partial charge on any atom is 0.312 e. The molecule has 1 heterocycles. The van der Waals surface area contributed by atoms with Gasteiger partial charge in [0, 0.05) is 24.2 Å². The Morgan fingerprint density at radius 2 is 2.04 bits per heavy atom. The number of carbonyl (C=O) groups excluding carboxylic acids is 1. The molecule has 0 spiro atoms. The molecule has 1 aliphatic carbocycles. The van der Waals surface area contributed by atoms with Crippen molar-refractivity contribution < 1.29 is 14.5 Å². The lowest BCUT2D eigenvalue weighted by atomic mass is 9.75. The van der Waals surface area contributed by atoms with E-state index in [1.54, 1.807) is 0 Å². The Hall–Kier alpha value is -1.82. The highest BCUT2D eigenvalue weighted by Crippen LogP contribution is 2.36. The molecule has 0 N–H and O–H groups in total. The van der Waals surface area contributed by atoms with Crippen molar-refractivity contribution >= 4 is 23.2 Å². The van der Waals surface area contributed by atoms with Crippen molar-refractivity contribution in [1.29, 1.82) is 0 Å². The highest BCUT2D eigenvalue weighted by atomic mass is 35.5. The summed E-state index contributed by atoms with van der Waals surface area (Å²) in [6.07, 6.45) is 6.07. The van der Waals surface area contributed by atoms with Gasteiger partial charge in [-0.3, -0.25) is 14.9 Å². The molecule has 24 heavy (non-hydrogen) atoms. The summed E-state index contributed by atoms with van der Waals surface area (Å²) in [6, 6.07) is 4.18. The third kappa shape index (κ3) is 3.80. The number of benzene rings is 1. The van der Waals surface area contributed by atoms with Gasteiger partial charge in [0.25, 0.3) is 5.91 Å². The summed E-state index contributed by atoms with van der Waals surface area (Å²) in [6.45, 7) is 1.36. The monoisotopic (exact) mass is 352 g/mol. The van der Waals surface area contributed by atoms with Crippen molar-refractivity contribution in [3.8, 4) is 5.75 Å². The Kier molecular flexibility index (Phi) is 5.23. The number of nitrogens with zero attached hydrogens (tertiary/aromatic N) is 2. The van der Waals surface area contributed by atoms with Crippen LogP contribution in [0.15, 0.2) is 18.2 Å². The average Bonchev–Trinajstić information content (AvgIpc) is 2.59. The van der Waals surface area contributed by atoms with Crippen LogP contribution in [0.2, 0.25) is 5.02 Å². The third-order valence-corrected chi connectivity index (χ3v) is 5.35. The van der Waals surface area contributed by atoms with E-state index in [4.69, 9.17) is 16.3 Å². The largest absolute Gasteiger partial charge is 0.477 e. The van der Waals surface area contributed by atoms with Crippen LogP contribution in [0.5, 0.6) is 5.75 Å². The molecular weight excluding hydrogens is 332 g/mol. The maximum absolute atomic E-state index is 12.4. The number of piperidine rings is 1. The zero-order valence-electron chi connectivity index (χ0n) is 13.4. The van der Waals surface area contributed by atoms with Gasteiger partial charge in [-0.2, -0.15) is 0 Å². The molecule has 2 aliphatic rings. The number of ether oxygens (including phenoxy) is 1. The number of nitro groups is 1. The molecule has 1 saturated heterocycles. The van der Waals surface area contributed by atoms with Crippen molar-refractivity contribution in [3.05, 3.63) is 33.3 Å². The maximum atomic E-state index is 12.4. The zero-order chi connectivity index (χ0) is 17.1. The normalized spacial score (nSPS) is 23.5. The standard InChI is InChI=1S/C17H21ClN2O4/c18-14-5-6-16(15(9-14)20(22)23)24-11-17(21)19-8-7-12-3-1-2-4-13(12)10-19/h5-6,9,12-13H,1-4,7-8,10-11H2/t12-,13-/m0/s1. The molecule has 1 aromatic carbocycles. The van der Waals surface area contributed by atoms with Crippen LogP contribution in [0.4, 0.5) is 5.69 Å². The topological polar surface area (TPSA) is 72.7 Å². The second-order valence-corrected chi connectivity index (χ2v) is 7.03. The minimum Gasteiger partial charge on any atom is -0.477 e. The molecular formula is C17H21ClN2O4. The molecule has 130 valence electrons. The van der Waals surface area contributed by atoms with Gasteiger partial charge in [0.05, 0.1) is 4.92 Å². The Morgan fingerprint density at radius 1 is 1.29 bits per heavy atom. The van der Waals surface area contributed by atoms with Crippen LogP contribution in [0.25, 0.3) is 0 Å². The minimum absolute atomic E-state index is 0.0744. The van der Waals surface area contributed by atoms with Crippen molar-refractivity contribution in [2.75, 3.05) is 19.7 Å². The van der Waals surface area contributed by atoms with E-state index >= 15 is 0 Å². The summed E-state index contributed by atoms with van der Waals surface area (Å²) in [7, 11) is 0. The number of halogens is 1. The van der Waals surface area contributed by atoms with Crippen LogP contribution < -0.4 is 4.74 Å². The molecule has 2 fully saturated rings. The molecule has 0 bridgehead atoms. The molecule has 3 rings (SSSR count). The first-order chi connectivity index (χ1) is 11.5. The Bertz CT molecular complexity index is 637. The van der Waals surface area contributed by atoms with E-state index in [-0.39, 0.29) is 29.0 Å². The number of rotatable bonds is 4. The summed E-state index contributed by atoms with van der Waals surface area (Å²) in [4.78, 5) is 24.7. The first kappa shape index (κ1) is 17.0. The molecule has 7 heteroatoms. The quantitative estimate of drug-likeness (QED) is 0.612. The van der Waals surface area contributed by atoms with Gasteiger partial charge in [0.2, 0.25) is 0 Å². The van der Waals surface area contributed by atoms with Gasteiger partial charge in [-0.05, 0) is 36.8 Å². The second kappa shape index (κ2) is 7.38. The molecule has 2 atom stereocenters. The number of hydrogen-bond donors (Lipinski definition) is 0. The van der Waals surface area contributed by atoms with E-state index in [2.05, 4.69) is 0 Å². The van der Waals surface area contributed by atoms with Crippen molar-refractivity contribution in [3.63, 3.8) is 0 Å². The van der Waals surface area contributed by atoms with Gasteiger partial charge in [-0.1, -0.05) is 30.9 Å².